The molecule has 0 saturated carbocycles. The van der Waals surface area contributed by atoms with Gasteiger partial charge in [-0.1, -0.05) is 6.07 Å². The van der Waals surface area contributed by atoms with Crippen LogP contribution in [0.4, 0.5) is 5.82 Å². The van der Waals surface area contributed by atoms with Crippen molar-refractivity contribution in [2.24, 2.45) is 0 Å². The number of benzene rings is 1. The average molecular weight is 240 g/mol. The van der Waals surface area contributed by atoms with E-state index in [1.54, 1.807) is 24.6 Å². The smallest absolute Gasteiger partial charge is 0.134 e. The molecule has 0 aliphatic rings. The Bertz CT molecular complexity index is 663. The number of pyridine rings is 1. The van der Waals surface area contributed by atoms with Crippen LogP contribution in [-0.2, 0) is 6.54 Å². The normalized spacial score (nSPS) is 10.7. The first kappa shape index (κ1) is 10.7. The summed E-state index contributed by atoms with van der Waals surface area (Å²) in [5, 5.41) is 14.7. The molecule has 0 saturated heterocycles. The lowest BCUT2D eigenvalue weighted by atomic mass is 10.1. The zero-order valence-corrected chi connectivity index (χ0v) is 9.63. The van der Waals surface area contributed by atoms with Crippen LogP contribution in [-0.4, -0.2) is 10.1 Å². The highest BCUT2D eigenvalue weighted by molar-refractivity contribution is 5.92. The maximum absolute atomic E-state index is 9.53. The Hall–Kier alpha value is -2.49. The Labute approximate surface area is 104 Å². The second-order valence-corrected chi connectivity index (χ2v) is 4.00. The Morgan fingerprint density at radius 2 is 2.17 bits per heavy atom. The number of fused-ring (bicyclic) bond motifs is 1. The third-order valence-electron chi connectivity index (χ3n) is 2.76. The first-order chi connectivity index (χ1) is 8.83. The molecule has 0 spiro atoms. The summed E-state index contributed by atoms with van der Waals surface area (Å²) < 4.78 is 5.25. The van der Waals surface area contributed by atoms with Crippen molar-refractivity contribution < 1.29 is 9.52 Å². The minimum absolute atomic E-state index is 0.233. The topological polar surface area (TPSA) is 58.3 Å². The molecular weight excluding hydrogens is 228 g/mol. The van der Waals surface area contributed by atoms with E-state index in [4.69, 9.17) is 4.42 Å². The fourth-order valence-corrected chi connectivity index (χ4v) is 1.88. The molecule has 2 aromatic heterocycles. The van der Waals surface area contributed by atoms with Crippen LogP contribution in [0.1, 0.15) is 5.76 Å². The third-order valence-corrected chi connectivity index (χ3v) is 2.76. The number of phenols is 1. The molecule has 0 unspecified atom stereocenters. The van der Waals surface area contributed by atoms with E-state index in [2.05, 4.69) is 10.3 Å². The van der Waals surface area contributed by atoms with Crippen molar-refractivity contribution in [2.75, 3.05) is 5.32 Å². The molecule has 0 aliphatic heterocycles. The van der Waals surface area contributed by atoms with Gasteiger partial charge in [0.15, 0.2) is 0 Å². The predicted molar refractivity (Wildman–Crippen MR) is 69.4 cm³/mol. The number of anilines is 1. The molecule has 1 aromatic carbocycles. The van der Waals surface area contributed by atoms with Crippen LogP contribution in [0.25, 0.3) is 10.8 Å². The van der Waals surface area contributed by atoms with Crippen LogP contribution in [0, 0.1) is 0 Å². The third kappa shape index (κ3) is 2.00. The summed E-state index contributed by atoms with van der Waals surface area (Å²) in [4.78, 5) is 4.28. The van der Waals surface area contributed by atoms with Crippen molar-refractivity contribution in [1.82, 2.24) is 4.98 Å². The maximum Gasteiger partial charge on any atom is 0.134 e. The minimum atomic E-state index is 0.233. The first-order valence-electron chi connectivity index (χ1n) is 5.67. The zero-order chi connectivity index (χ0) is 12.4. The largest absolute Gasteiger partial charge is 0.508 e. The summed E-state index contributed by atoms with van der Waals surface area (Å²) in [6.07, 6.45) is 3.38. The van der Waals surface area contributed by atoms with E-state index in [-0.39, 0.29) is 5.75 Å². The van der Waals surface area contributed by atoms with Crippen LogP contribution in [0.3, 0.4) is 0 Å². The number of hydrogen-bond donors (Lipinski definition) is 2. The number of aromatic hydroxyl groups is 1. The van der Waals surface area contributed by atoms with E-state index in [0.717, 1.165) is 22.4 Å². The van der Waals surface area contributed by atoms with E-state index < -0.39 is 0 Å². The Morgan fingerprint density at radius 1 is 1.22 bits per heavy atom. The molecule has 0 atom stereocenters. The van der Waals surface area contributed by atoms with Gasteiger partial charge >= 0.3 is 0 Å². The molecular formula is C14H12N2O2. The monoisotopic (exact) mass is 240 g/mol. The van der Waals surface area contributed by atoms with Gasteiger partial charge in [-0.15, -0.1) is 0 Å². The number of nitrogens with one attached hydrogen (secondary N) is 1. The van der Waals surface area contributed by atoms with Crippen molar-refractivity contribution >= 4 is 16.6 Å². The number of nitrogens with zero attached hydrogens (tertiary/aromatic N) is 1. The van der Waals surface area contributed by atoms with E-state index in [9.17, 15) is 5.11 Å². The van der Waals surface area contributed by atoms with Crippen molar-refractivity contribution in [1.29, 1.82) is 0 Å². The standard InChI is InChI=1S/C14H12N2O2/c17-11-4-3-10-5-6-15-14(13(10)8-11)16-9-12-2-1-7-18-12/h1-8,17H,9H2,(H,15,16). The quantitative estimate of drug-likeness (QED) is 0.738. The van der Waals surface area contributed by atoms with E-state index in [1.165, 1.54) is 0 Å². The van der Waals surface area contributed by atoms with Crippen molar-refractivity contribution in [3.63, 3.8) is 0 Å². The highest BCUT2D eigenvalue weighted by atomic mass is 16.3. The molecule has 2 heterocycles. The van der Waals surface area contributed by atoms with Gasteiger partial charge in [0, 0.05) is 11.6 Å². The van der Waals surface area contributed by atoms with Gasteiger partial charge in [0.05, 0.1) is 12.8 Å². The number of hydrogen-bond acceptors (Lipinski definition) is 4. The number of phenolic OH excluding ortho intramolecular Hbond substituents is 1. The van der Waals surface area contributed by atoms with Gasteiger partial charge < -0.3 is 14.8 Å². The molecule has 3 aromatic rings. The van der Waals surface area contributed by atoms with Gasteiger partial charge in [0.1, 0.15) is 17.3 Å². The van der Waals surface area contributed by atoms with Gasteiger partial charge in [0.2, 0.25) is 0 Å². The molecule has 0 aliphatic carbocycles. The number of rotatable bonds is 3. The molecule has 0 radical (unpaired) electrons. The molecule has 4 heteroatoms. The van der Waals surface area contributed by atoms with Gasteiger partial charge in [-0.05, 0) is 35.7 Å². The first-order valence-corrected chi connectivity index (χ1v) is 5.67. The summed E-state index contributed by atoms with van der Waals surface area (Å²) in [6, 6.07) is 10.9. The number of aromatic nitrogens is 1. The molecule has 0 amide bonds. The lowest BCUT2D eigenvalue weighted by Crippen LogP contribution is -2.00. The van der Waals surface area contributed by atoms with E-state index in [1.807, 2.05) is 24.3 Å². The Balaban J connectivity index is 1.93. The summed E-state index contributed by atoms with van der Waals surface area (Å²) in [5.74, 6) is 1.81. The molecule has 4 nitrogen and oxygen atoms in total. The minimum Gasteiger partial charge on any atom is -0.508 e. The van der Waals surface area contributed by atoms with Gasteiger partial charge in [-0.2, -0.15) is 0 Å². The zero-order valence-electron chi connectivity index (χ0n) is 9.63. The van der Waals surface area contributed by atoms with E-state index in [0.29, 0.717) is 6.54 Å². The Kier molecular flexibility index (Phi) is 2.61. The maximum atomic E-state index is 9.53. The molecule has 0 fully saturated rings. The average Bonchev–Trinajstić information content (AvgIpc) is 2.89. The lowest BCUT2D eigenvalue weighted by molar-refractivity contribution is 0.476. The van der Waals surface area contributed by atoms with E-state index >= 15 is 0 Å². The van der Waals surface area contributed by atoms with Gasteiger partial charge in [-0.25, -0.2) is 4.98 Å². The Morgan fingerprint density at radius 3 is 3.00 bits per heavy atom. The summed E-state index contributed by atoms with van der Waals surface area (Å²) in [5.41, 5.74) is 0. The molecule has 3 rings (SSSR count). The summed E-state index contributed by atoms with van der Waals surface area (Å²) >= 11 is 0. The molecule has 18 heavy (non-hydrogen) atoms. The van der Waals surface area contributed by atoms with Gasteiger partial charge in [0.25, 0.3) is 0 Å². The van der Waals surface area contributed by atoms with Crippen molar-refractivity contribution in [3.05, 3.63) is 54.6 Å². The fraction of sp³-hybridized carbons (Fsp3) is 0.0714. The second-order valence-electron chi connectivity index (χ2n) is 4.00. The molecule has 2 N–H and O–H groups in total. The van der Waals surface area contributed by atoms with Crippen LogP contribution in [0.15, 0.2) is 53.3 Å². The summed E-state index contributed by atoms with van der Waals surface area (Å²) in [6.45, 7) is 0.564. The van der Waals surface area contributed by atoms with Crippen LogP contribution >= 0.6 is 0 Å². The summed E-state index contributed by atoms with van der Waals surface area (Å²) in [7, 11) is 0. The molecule has 0 bridgehead atoms. The highest BCUT2D eigenvalue weighted by Crippen LogP contribution is 2.25. The van der Waals surface area contributed by atoms with Crippen molar-refractivity contribution in [2.45, 2.75) is 6.54 Å². The highest BCUT2D eigenvalue weighted by Gasteiger charge is 2.04. The second kappa shape index (κ2) is 4.41. The van der Waals surface area contributed by atoms with Crippen LogP contribution in [0.2, 0.25) is 0 Å². The predicted octanol–water partition coefficient (Wildman–Crippen LogP) is 3.15. The van der Waals surface area contributed by atoms with Crippen LogP contribution < -0.4 is 5.32 Å². The van der Waals surface area contributed by atoms with Gasteiger partial charge in [-0.3, -0.25) is 0 Å². The fourth-order valence-electron chi connectivity index (χ4n) is 1.88. The van der Waals surface area contributed by atoms with Crippen molar-refractivity contribution in [3.8, 4) is 5.75 Å². The molecule has 90 valence electrons. The lowest BCUT2D eigenvalue weighted by Gasteiger charge is -2.07. The number of furan rings is 1. The SMILES string of the molecule is Oc1ccc2ccnc(NCc3ccco3)c2c1. The van der Waals surface area contributed by atoms with Crippen LogP contribution in [0.5, 0.6) is 5.75 Å².